The third-order valence-electron chi connectivity index (χ3n) is 13.2. The third kappa shape index (κ3) is 3.88. The average molecular weight is 588 g/mol. The molecule has 0 N–H and O–H groups in total. The van der Waals surface area contributed by atoms with Crippen LogP contribution in [0.25, 0.3) is 0 Å². The number of carbonyl (C=O) groups is 3. The van der Waals surface area contributed by atoms with Crippen molar-refractivity contribution in [3.63, 3.8) is 0 Å². The van der Waals surface area contributed by atoms with Crippen molar-refractivity contribution in [1.82, 2.24) is 10.1 Å². The van der Waals surface area contributed by atoms with Crippen LogP contribution in [0.3, 0.4) is 0 Å². The largest absolute Gasteiger partial charge is 0.465 e. The van der Waals surface area contributed by atoms with Crippen LogP contribution in [0.2, 0.25) is 0 Å². The molecular weight excluding hydrogens is 542 g/mol. The molecule has 5 aliphatic rings. The lowest BCUT2D eigenvalue weighted by atomic mass is 9.34. The number of hydrogen-bond acceptors (Lipinski definition) is 8. The summed E-state index contributed by atoms with van der Waals surface area (Å²) in [6.45, 7) is 16.3. The SMILES string of the molecule is CC(=O)OC[C@]1(C)C(=O)C(C#N)=C[C@]2(C)C3=CC(=O)C4C5CC(C)(C)CC[C@]5(c5nc(C)no5)CC[C@@]4(C)[C@]3(C)CC[C@H]21. The molecule has 6 rings (SSSR count). The summed E-state index contributed by atoms with van der Waals surface area (Å²) < 4.78 is 11.4. The van der Waals surface area contributed by atoms with Gasteiger partial charge < -0.3 is 9.26 Å². The topological polar surface area (TPSA) is 123 Å². The number of allylic oxidation sites excluding steroid dienone is 4. The predicted molar refractivity (Wildman–Crippen MR) is 158 cm³/mol. The third-order valence-corrected chi connectivity index (χ3v) is 13.2. The van der Waals surface area contributed by atoms with Gasteiger partial charge in [0.2, 0.25) is 5.89 Å². The van der Waals surface area contributed by atoms with E-state index in [2.05, 4.69) is 45.8 Å². The molecule has 0 amide bonds. The van der Waals surface area contributed by atoms with Crippen LogP contribution in [-0.2, 0) is 24.5 Å². The minimum absolute atomic E-state index is 0.0647. The number of esters is 1. The molecule has 0 radical (unpaired) electrons. The second kappa shape index (κ2) is 9.22. The zero-order valence-electron chi connectivity index (χ0n) is 26.9. The van der Waals surface area contributed by atoms with Crippen LogP contribution in [0.15, 0.2) is 27.8 Å². The molecule has 0 saturated heterocycles. The lowest BCUT2D eigenvalue weighted by Gasteiger charge is -2.68. The Morgan fingerprint density at radius 3 is 2.42 bits per heavy atom. The van der Waals surface area contributed by atoms with Gasteiger partial charge in [-0.15, -0.1) is 0 Å². The monoisotopic (exact) mass is 587 g/mol. The van der Waals surface area contributed by atoms with E-state index >= 15 is 0 Å². The summed E-state index contributed by atoms with van der Waals surface area (Å²) in [5.41, 5.74) is -1.59. The molecule has 0 aromatic carbocycles. The van der Waals surface area contributed by atoms with Crippen molar-refractivity contribution in [2.75, 3.05) is 6.61 Å². The van der Waals surface area contributed by atoms with Crippen molar-refractivity contribution in [3.05, 3.63) is 35.0 Å². The minimum Gasteiger partial charge on any atom is -0.465 e. The highest BCUT2D eigenvalue weighted by molar-refractivity contribution is 6.05. The summed E-state index contributed by atoms with van der Waals surface area (Å²) >= 11 is 0. The number of carbonyl (C=O) groups excluding carboxylic acids is 3. The maximum absolute atomic E-state index is 14.7. The molecule has 8 nitrogen and oxygen atoms in total. The van der Waals surface area contributed by atoms with Gasteiger partial charge in [0.25, 0.3) is 0 Å². The van der Waals surface area contributed by atoms with Crippen LogP contribution in [-0.4, -0.2) is 34.3 Å². The Morgan fingerprint density at radius 1 is 1.09 bits per heavy atom. The Hall–Kier alpha value is -3.08. The van der Waals surface area contributed by atoms with Crippen LogP contribution in [0.1, 0.15) is 105 Å². The number of hydrogen-bond donors (Lipinski definition) is 0. The fraction of sp³-hybridized carbons (Fsp3) is 0.714. The maximum atomic E-state index is 14.7. The second-order valence-electron chi connectivity index (χ2n) is 16.0. The van der Waals surface area contributed by atoms with Gasteiger partial charge in [0.1, 0.15) is 12.7 Å². The molecule has 0 spiro atoms. The highest BCUT2D eigenvalue weighted by Crippen LogP contribution is 2.74. The summed E-state index contributed by atoms with van der Waals surface area (Å²) in [6.07, 6.45) is 9.84. The number of fused-ring (bicyclic) bond motifs is 7. The Morgan fingerprint density at radius 2 is 1.79 bits per heavy atom. The molecule has 0 bridgehead atoms. The standard InChI is InChI=1S/C35H45N3O5/c1-20-37-29(43-38-20)35-13-11-30(3,4)17-23(35)27-24(40)15-26-31(5)16-22(18-36)28(41)32(6,19-42-21(2)39)25(31)9-10-33(26,7)34(27,8)12-14-35/h15-16,23,25,27H,9-14,17,19H2,1-8H3/t23?,25-,27?,31+,32+,33-,34-,35+/m1/s1. The zero-order valence-corrected chi connectivity index (χ0v) is 26.9. The molecule has 43 heavy (non-hydrogen) atoms. The molecule has 1 heterocycles. The van der Waals surface area contributed by atoms with E-state index in [1.807, 2.05) is 26.0 Å². The van der Waals surface area contributed by atoms with Crippen LogP contribution < -0.4 is 0 Å². The summed E-state index contributed by atoms with van der Waals surface area (Å²) in [7, 11) is 0. The fourth-order valence-electron chi connectivity index (χ4n) is 10.8. The van der Waals surface area contributed by atoms with Gasteiger partial charge in [-0.05, 0) is 93.0 Å². The van der Waals surface area contributed by atoms with Gasteiger partial charge in [-0.2, -0.15) is 10.2 Å². The van der Waals surface area contributed by atoms with Crippen molar-refractivity contribution in [2.45, 2.75) is 106 Å². The average Bonchev–Trinajstić information content (AvgIpc) is 3.37. The minimum atomic E-state index is -1.06. The van der Waals surface area contributed by atoms with E-state index < -0.39 is 16.8 Å². The molecule has 1 aromatic heterocycles. The molecule has 2 unspecified atom stereocenters. The molecule has 1 aromatic rings. The van der Waals surface area contributed by atoms with Gasteiger partial charge in [0, 0.05) is 18.3 Å². The number of aromatic nitrogens is 2. The number of Topliss-reactive ketones (excluding diaryl/α,β-unsaturated/α-hetero) is 1. The summed E-state index contributed by atoms with van der Waals surface area (Å²) in [6, 6.07) is 2.15. The van der Waals surface area contributed by atoms with E-state index in [-0.39, 0.29) is 63.2 Å². The first kappa shape index (κ1) is 30.0. The molecule has 8 heteroatoms. The lowest BCUT2D eigenvalue weighted by Crippen LogP contribution is -2.66. The number of ketones is 2. The molecule has 3 saturated carbocycles. The van der Waals surface area contributed by atoms with Crippen molar-refractivity contribution in [1.29, 1.82) is 5.26 Å². The molecule has 230 valence electrons. The van der Waals surface area contributed by atoms with Gasteiger partial charge in [-0.3, -0.25) is 14.4 Å². The Bertz CT molecular complexity index is 1530. The van der Waals surface area contributed by atoms with Crippen LogP contribution in [0, 0.1) is 63.1 Å². The smallest absolute Gasteiger partial charge is 0.302 e. The number of ether oxygens (including phenoxy) is 1. The molecule has 8 atom stereocenters. The Labute approximate surface area is 254 Å². The Balaban J connectivity index is 1.51. The van der Waals surface area contributed by atoms with Gasteiger partial charge in [-0.1, -0.05) is 51.4 Å². The van der Waals surface area contributed by atoms with Crippen molar-refractivity contribution < 1.29 is 23.6 Å². The molecule has 3 fully saturated rings. The first-order valence-corrected chi connectivity index (χ1v) is 15.9. The van der Waals surface area contributed by atoms with E-state index in [4.69, 9.17) is 14.2 Å². The van der Waals surface area contributed by atoms with Crippen LogP contribution >= 0.6 is 0 Å². The van der Waals surface area contributed by atoms with Gasteiger partial charge in [-0.25, -0.2) is 0 Å². The lowest BCUT2D eigenvalue weighted by molar-refractivity contribution is -0.165. The maximum Gasteiger partial charge on any atom is 0.302 e. The summed E-state index contributed by atoms with van der Waals surface area (Å²) in [4.78, 5) is 45.0. The van der Waals surface area contributed by atoms with E-state index in [1.54, 1.807) is 0 Å². The van der Waals surface area contributed by atoms with E-state index in [0.717, 1.165) is 50.5 Å². The van der Waals surface area contributed by atoms with Gasteiger partial charge in [0.05, 0.1) is 16.4 Å². The quantitative estimate of drug-likeness (QED) is 0.373. The summed E-state index contributed by atoms with van der Waals surface area (Å²) in [5, 5.41) is 14.3. The van der Waals surface area contributed by atoms with E-state index in [0.29, 0.717) is 11.7 Å². The predicted octanol–water partition coefficient (Wildman–Crippen LogP) is 6.39. The number of nitrogens with zero attached hydrogens (tertiary/aromatic N) is 3. The van der Waals surface area contributed by atoms with E-state index in [1.165, 1.54) is 6.92 Å². The molecule has 0 aliphatic heterocycles. The fourth-order valence-corrected chi connectivity index (χ4v) is 10.8. The number of rotatable bonds is 3. The normalized spacial score (nSPS) is 43.2. The molecule has 5 aliphatic carbocycles. The van der Waals surface area contributed by atoms with Crippen LogP contribution in [0.5, 0.6) is 0 Å². The first-order chi connectivity index (χ1) is 20.0. The van der Waals surface area contributed by atoms with Crippen LogP contribution in [0.4, 0.5) is 0 Å². The Kier molecular flexibility index (Phi) is 6.42. The highest BCUT2D eigenvalue weighted by atomic mass is 16.5. The van der Waals surface area contributed by atoms with Gasteiger partial charge >= 0.3 is 5.97 Å². The highest BCUT2D eigenvalue weighted by Gasteiger charge is 2.71. The molecular formula is C35H45N3O5. The van der Waals surface area contributed by atoms with E-state index in [9.17, 15) is 19.6 Å². The van der Waals surface area contributed by atoms with Crippen molar-refractivity contribution in [3.8, 4) is 6.07 Å². The second-order valence-corrected chi connectivity index (χ2v) is 16.0. The first-order valence-electron chi connectivity index (χ1n) is 15.9. The van der Waals surface area contributed by atoms with Crippen molar-refractivity contribution >= 4 is 17.5 Å². The number of aryl methyl sites for hydroxylation is 1. The van der Waals surface area contributed by atoms with Gasteiger partial charge in [0.15, 0.2) is 17.4 Å². The zero-order chi connectivity index (χ0) is 31.4. The number of nitriles is 1. The van der Waals surface area contributed by atoms with Crippen molar-refractivity contribution in [2.24, 2.45) is 44.8 Å². The summed E-state index contributed by atoms with van der Waals surface area (Å²) in [5.74, 6) is 0.346.